The molecule has 0 saturated carbocycles. The van der Waals surface area contributed by atoms with Crippen molar-refractivity contribution in [1.29, 1.82) is 0 Å². The molecule has 0 radical (unpaired) electrons. The molecule has 1 N–H and O–H groups in total. The maximum Gasteiger partial charge on any atom is 0.323 e. The van der Waals surface area contributed by atoms with Crippen LogP contribution in [0.25, 0.3) is 9.53 Å². The molecule has 1 aliphatic heterocycles. The molecule has 0 aliphatic carbocycles. The van der Waals surface area contributed by atoms with Crippen LogP contribution in [0.5, 0.6) is 0 Å². The average Bonchev–Trinajstić information content (AvgIpc) is 3.11. The van der Waals surface area contributed by atoms with Crippen LogP contribution in [0.4, 0.5) is 5.13 Å². The lowest BCUT2D eigenvalue weighted by Crippen LogP contribution is -2.31. The number of fused-ring (bicyclic) bond motifs is 1. The zero-order chi connectivity index (χ0) is 15.0. The second-order valence-electron chi connectivity index (χ2n) is 5.03. The summed E-state index contributed by atoms with van der Waals surface area (Å²) in [6.07, 6.45) is 2.41. The normalized spacial score (nSPS) is 14.8. The van der Waals surface area contributed by atoms with Crippen LogP contribution < -0.4 is 4.90 Å². The van der Waals surface area contributed by atoms with Gasteiger partial charge >= 0.3 is 5.97 Å². The quantitative estimate of drug-likeness (QED) is 0.932. The lowest BCUT2D eigenvalue weighted by Gasteiger charge is -2.13. The Morgan fingerprint density at radius 1 is 1.38 bits per heavy atom. The van der Waals surface area contributed by atoms with Gasteiger partial charge in [0.1, 0.15) is 11.4 Å². The van der Waals surface area contributed by atoms with Crippen molar-refractivity contribution in [2.24, 2.45) is 0 Å². The van der Waals surface area contributed by atoms with Crippen LogP contribution in [-0.2, 0) is 4.79 Å². The highest BCUT2D eigenvalue weighted by Gasteiger charge is 2.21. The van der Waals surface area contributed by atoms with E-state index in [1.165, 1.54) is 36.1 Å². The highest BCUT2D eigenvalue weighted by atomic mass is 32.1. The van der Waals surface area contributed by atoms with E-state index in [4.69, 9.17) is 5.11 Å². The molecule has 1 amide bonds. The molecule has 0 bridgehead atoms. The van der Waals surface area contributed by atoms with Crippen molar-refractivity contribution in [2.75, 3.05) is 31.6 Å². The van der Waals surface area contributed by atoms with E-state index in [0.717, 1.165) is 27.8 Å². The van der Waals surface area contributed by atoms with Gasteiger partial charge in [-0.15, -0.1) is 11.3 Å². The Bertz CT molecular complexity index is 656. The Morgan fingerprint density at radius 3 is 2.71 bits per heavy atom. The number of carbonyl (C=O) groups excluding carboxylic acids is 1. The first-order valence-electron chi connectivity index (χ1n) is 6.67. The number of likely N-dealkylation sites (N-methyl/N-ethyl adjacent to an activating group) is 1. The van der Waals surface area contributed by atoms with Crippen molar-refractivity contribution in [2.45, 2.75) is 12.8 Å². The van der Waals surface area contributed by atoms with Gasteiger partial charge in [0.15, 0.2) is 5.13 Å². The third kappa shape index (κ3) is 2.86. The van der Waals surface area contributed by atoms with E-state index in [1.54, 1.807) is 11.3 Å². The summed E-state index contributed by atoms with van der Waals surface area (Å²) < 4.78 is 0.994. The van der Waals surface area contributed by atoms with Gasteiger partial charge in [-0.05, 0) is 18.9 Å². The average molecular weight is 325 g/mol. The fourth-order valence-electron chi connectivity index (χ4n) is 2.34. The van der Waals surface area contributed by atoms with Crippen LogP contribution in [0.3, 0.4) is 0 Å². The first kappa shape index (κ1) is 14.3. The number of hydrogen-bond acceptors (Lipinski definition) is 6. The van der Waals surface area contributed by atoms with E-state index in [-0.39, 0.29) is 12.5 Å². The van der Waals surface area contributed by atoms with Gasteiger partial charge in [-0.1, -0.05) is 11.3 Å². The summed E-state index contributed by atoms with van der Waals surface area (Å²) in [5.41, 5.74) is 0. The number of nitrogens with zero attached hydrogens (tertiary/aromatic N) is 3. The SMILES string of the molecule is CN(CC(=O)O)C(=O)c1cc2sc(N3CCCC3)nc2s1. The third-order valence-electron chi connectivity index (χ3n) is 3.38. The predicted octanol–water partition coefficient (Wildman–Crippen LogP) is 2.11. The first-order valence-corrected chi connectivity index (χ1v) is 8.30. The smallest absolute Gasteiger partial charge is 0.323 e. The number of aliphatic carboxylic acids is 1. The molecule has 0 atom stereocenters. The van der Waals surface area contributed by atoms with Crippen molar-refractivity contribution in [1.82, 2.24) is 9.88 Å². The number of carboxylic acid groups (broad SMARTS) is 1. The molecule has 21 heavy (non-hydrogen) atoms. The van der Waals surface area contributed by atoms with E-state index in [0.29, 0.717) is 4.88 Å². The molecular formula is C13H15N3O3S2. The van der Waals surface area contributed by atoms with E-state index < -0.39 is 5.97 Å². The zero-order valence-corrected chi connectivity index (χ0v) is 13.2. The molecule has 6 nitrogen and oxygen atoms in total. The number of carboxylic acids is 1. The maximum absolute atomic E-state index is 12.1. The van der Waals surface area contributed by atoms with Crippen molar-refractivity contribution in [3.8, 4) is 0 Å². The fraction of sp³-hybridized carbons (Fsp3) is 0.462. The van der Waals surface area contributed by atoms with Gasteiger partial charge in [0, 0.05) is 20.1 Å². The van der Waals surface area contributed by atoms with E-state index in [1.807, 2.05) is 6.07 Å². The summed E-state index contributed by atoms with van der Waals surface area (Å²) in [6, 6.07) is 1.82. The minimum absolute atomic E-state index is 0.268. The van der Waals surface area contributed by atoms with Gasteiger partial charge in [-0.25, -0.2) is 4.98 Å². The molecule has 1 saturated heterocycles. The van der Waals surface area contributed by atoms with Crippen molar-refractivity contribution in [3.63, 3.8) is 0 Å². The van der Waals surface area contributed by atoms with Gasteiger partial charge in [0.25, 0.3) is 5.91 Å². The molecule has 0 aromatic carbocycles. The van der Waals surface area contributed by atoms with Gasteiger partial charge in [0.2, 0.25) is 0 Å². The molecular weight excluding hydrogens is 310 g/mol. The zero-order valence-electron chi connectivity index (χ0n) is 11.5. The molecule has 0 unspecified atom stereocenters. The number of amides is 1. The van der Waals surface area contributed by atoms with Crippen LogP contribution in [0.15, 0.2) is 6.07 Å². The molecule has 1 aliphatic rings. The number of hydrogen-bond donors (Lipinski definition) is 1. The Labute approximate surface area is 129 Å². The van der Waals surface area contributed by atoms with Gasteiger partial charge in [0.05, 0.1) is 9.58 Å². The van der Waals surface area contributed by atoms with Crippen LogP contribution in [0.1, 0.15) is 22.5 Å². The fourth-order valence-corrected chi connectivity index (χ4v) is 4.59. The first-order chi connectivity index (χ1) is 10.0. The Kier molecular flexibility index (Phi) is 3.81. The Morgan fingerprint density at radius 2 is 2.10 bits per heavy atom. The number of rotatable bonds is 4. The minimum atomic E-state index is -1.02. The summed E-state index contributed by atoms with van der Waals surface area (Å²) in [6.45, 7) is 1.80. The summed E-state index contributed by atoms with van der Waals surface area (Å²) in [7, 11) is 1.49. The predicted molar refractivity (Wildman–Crippen MR) is 83.5 cm³/mol. The molecule has 3 rings (SSSR count). The van der Waals surface area contributed by atoms with Crippen LogP contribution in [-0.4, -0.2) is 53.5 Å². The Balaban J connectivity index is 1.80. The van der Waals surface area contributed by atoms with Crippen LogP contribution in [0, 0.1) is 0 Å². The van der Waals surface area contributed by atoms with Crippen molar-refractivity contribution >= 4 is 49.2 Å². The van der Waals surface area contributed by atoms with Crippen molar-refractivity contribution in [3.05, 3.63) is 10.9 Å². The second-order valence-corrected chi connectivity index (χ2v) is 7.07. The number of aromatic nitrogens is 1. The molecule has 1 fully saturated rings. The van der Waals surface area contributed by atoms with Crippen LogP contribution >= 0.6 is 22.7 Å². The molecule has 2 aromatic heterocycles. The van der Waals surface area contributed by atoms with Gasteiger partial charge in [-0.3, -0.25) is 9.59 Å². The number of anilines is 1. The number of thiazole rings is 1. The standard InChI is InChI=1S/C13H15N3O3S2/c1-15(7-10(17)18)12(19)9-6-8-11(20-9)14-13(21-8)16-4-2-3-5-16/h6H,2-5,7H2,1H3,(H,17,18). The lowest BCUT2D eigenvalue weighted by atomic mass is 10.4. The summed E-state index contributed by atoms with van der Waals surface area (Å²) in [5, 5.41) is 9.75. The van der Waals surface area contributed by atoms with Gasteiger partial charge < -0.3 is 14.9 Å². The second kappa shape index (κ2) is 5.61. The monoisotopic (exact) mass is 325 g/mol. The number of carbonyl (C=O) groups is 2. The summed E-state index contributed by atoms with van der Waals surface area (Å²) in [4.78, 5) is 32.3. The highest BCUT2D eigenvalue weighted by molar-refractivity contribution is 7.29. The third-order valence-corrected chi connectivity index (χ3v) is 5.59. The number of thiophene rings is 1. The lowest BCUT2D eigenvalue weighted by molar-refractivity contribution is -0.137. The summed E-state index contributed by atoms with van der Waals surface area (Å²) in [5.74, 6) is -1.28. The highest BCUT2D eigenvalue weighted by Crippen LogP contribution is 2.36. The Hall–Kier alpha value is -1.67. The van der Waals surface area contributed by atoms with E-state index in [9.17, 15) is 9.59 Å². The minimum Gasteiger partial charge on any atom is -0.480 e. The van der Waals surface area contributed by atoms with E-state index in [2.05, 4.69) is 9.88 Å². The molecule has 2 aromatic rings. The topological polar surface area (TPSA) is 73.7 Å². The molecule has 3 heterocycles. The largest absolute Gasteiger partial charge is 0.480 e. The molecule has 112 valence electrons. The molecule has 0 spiro atoms. The van der Waals surface area contributed by atoms with Crippen LogP contribution in [0.2, 0.25) is 0 Å². The molecule has 8 heteroatoms. The maximum atomic E-state index is 12.1. The van der Waals surface area contributed by atoms with Crippen molar-refractivity contribution < 1.29 is 14.7 Å². The summed E-state index contributed by atoms with van der Waals surface area (Å²) >= 11 is 2.93. The van der Waals surface area contributed by atoms with Gasteiger partial charge in [-0.2, -0.15) is 0 Å². The van der Waals surface area contributed by atoms with E-state index >= 15 is 0 Å².